The van der Waals surface area contributed by atoms with Crippen LogP contribution in [0.15, 0.2) is 16.6 Å². The highest BCUT2D eigenvalue weighted by atomic mass is 79.9. The fraction of sp³-hybridized carbons (Fsp3) is 0.571. The topological polar surface area (TPSA) is 44.7 Å². The smallest absolute Gasteiger partial charge is 0.162 e. The Bertz CT molecular complexity index is 443. The van der Waals surface area contributed by atoms with Gasteiger partial charge >= 0.3 is 0 Å². The van der Waals surface area contributed by atoms with Gasteiger partial charge in [-0.1, -0.05) is 22.9 Å². The first-order valence-corrected chi connectivity index (χ1v) is 7.47. The van der Waals surface area contributed by atoms with E-state index in [1.54, 1.807) is 13.2 Å². The fourth-order valence-electron chi connectivity index (χ4n) is 2.67. The lowest BCUT2D eigenvalue weighted by atomic mass is 10.0. The van der Waals surface area contributed by atoms with Crippen molar-refractivity contribution >= 4 is 40.7 Å². The van der Waals surface area contributed by atoms with Crippen LogP contribution in [0.5, 0.6) is 11.5 Å². The van der Waals surface area contributed by atoms with E-state index in [1.165, 1.54) is 0 Å². The zero-order valence-corrected chi connectivity index (χ0v) is 15.5. The van der Waals surface area contributed by atoms with E-state index in [-0.39, 0.29) is 36.6 Å². The summed E-state index contributed by atoms with van der Waals surface area (Å²) in [7, 11) is 1.58. The average molecular weight is 402 g/mol. The summed E-state index contributed by atoms with van der Waals surface area (Å²) in [5, 5.41) is 13.7. The molecule has 0 saturated carbocycles. The zero-order chi connectivity index (χ0) is 13.8. The lowest BCUT2D eigenvalue weighted by molar-refractivity contribution is 0.166. The van der Waals surface area contributed by atoms with E-state index in [9.17, 15) is 5.11 Å². The number of methoxy groups -OCH3 is 1. The molecule has 1 aromatic carbocycles. The van der Waals surface area contributed by atoms with Crippen LogP contribution < -0.4 is 10.1 Å². The van der Waals surface area contributed by atoms with E-state index < -0.39 is 0 Å². The Kier molecular flexibility index (Phi) is 9.65. The molecular formula is C14H23BrCl2N2O2. The number of hydrogen-bond acceptors (Lipinski definition) is 4. The van der Waals surface area contributed by atoms with Crippen molar-refractivity contribution in [1.29, 1.82) is 0 Å². The molecule has 21 heavy (non-hydrogen) atoms. The predicted octanol–water partition coefficient (Wildman–Crippen LogP) is 3.36. The summed E-state index contributed by atoms with van der Waals surface area (Å²) in [5.74, 6) is 0.786. The summed E-state index contributed by atoms with van der Waals surface area (Å²) in [6.07, 6.45) is 0.965. The van der Waals surface area contributed by atoms with Crippen LogP contribution in [0.25, 0.3) is 0 Å². The summed E-state index contributed by atoms with van der Waals surface area (Å²) in [6, 6.07) is 4.02. The largest absolute Gasteiger partial charge is 0.504 e. The molecule has 1 atom stereocenters. The molecule has 2 N–H and O–H groups in total. The van der Waals surface area contributed by atoms with Crippen LogP contribution in [0.1, 0.15) is 24.9 Å². The van der Waals surface area contributed by atoms with Crippen molar-refractivity contribution in [2.45, 2.75) is 19.4 Å². The molecule has 0 aromatic heterocycles. The maximum Gasteiger partial charge on any atom is 0.162 e. The van der Waals surface area contributed by atoms with E-state index >= 15 is 0 Å². The minimum absolute atomic E-state index is 0. The summed E-state index contributed by atoms with van der Waals surface area (Å²) in [6.45, 7) is 6.17. The van der Waals surface area contributed by atoms with Gasteiger partial charge < -0.3 is 15.2 Å². The van der Waals surface area contributed by atoms with E-state index in [0.29, 0.717) is 5.75 Å². The first kappa shape index (κ1) is 20.8. The number of nitrogens with zero attached hydrogens (tertiary/aromatic N) is 1. The Balaban J connectivity index is 0.00000200. The average Bonchev–Trinajstić information content (AvgIpc) is 2.44. The summed E-state index contributed by atoms with van der Waals surface area (Å²) >= 11 is 3.49. The Hall–Kier alpha value is -0.200. The molecule has 1 aliphatic rings. The normalized spacial score (nSPS) is 16.5. The Morgan fingerprint density at radius 2 is 1.95 bits per heavy atom. The SMILES string of the molecule is CC[C@@H](c1cc(Br)cc(OC)c1O)N1CCNCC1.Cl.Cl. The second-order valence-corrected chi connectivity index (χ2v) is 5.67. The number of hydrogen-bond donors (Lipinski definition) is 2. The van der Waals surface area contributed by atoms with Crippen molar-refractivity contribution in [3.63, 3.8) is 0 Å². The van der Waals surface area contributed by atoms with Gasteiger partial charge in [0, 0.05) is 42.3 Å². The Morgan fingerprint density at radius 3 is 2.48 bits per heavy atom. The van der Waals surface area contributed by atoms with Crippen LogP contribution in [-0.4, -0.2) is 43.3 Å². The van der Waals surface area contributed by atoms with Gasteiger partial charge in [0.2, 0.25) is 0 Å². The third kappa shape index (κ3) is 4.89. The number of nitrogens with one attached hydrogen (secondary N) is 1. The molecular weight excluding hydrogens is 379 g/mol. The highest BCUT2D eigenvalue weighted by Crippen LogP contribution is 2.40. The molecule has 7 heteroatoms. The van der Waals surface area contributed by atoms with Gasteiger partial charge in [0.05, 0.1) is 7.11 Å². The second kappa shape index (κ2) is 9.74. The molecule has 4 nitrogen and oxygen atoms in total. The van der Waals surface area contributed by atoms with Crippen LogP contribution >= 0.6 is 40.7 Å². The molecule has 1 aliphatic heterocycles. The molecule has 0 spiro atoms. The van der Waals surface area contributed by atoms with E-state index in [4.69, 9.17) is 4.74 Å². The van der Waals surface area contributed by atoms with Crippen LogP contribution in [0.3, 0.4) is 0 Å². The Morgan fingerprint density at radius 1 is 1.33 bits per heavy atom. The molecule has 0 aliphatic carbocycles. The molecule has 122 valence electrons. The minimum Gasteiger partial charge on any atom is -0.504 e. The number of rotatable bonds is 4. The standard InChI is InChI=1S/C14H21BrN2O2.2ClH/c1-3-12(17-6-4-16-5-7-17)11-8-10(15)9-13(19-2)14(11)18;;/h8-9,12,16,18H,3-7H2,1-2H3;2*1H/t12-;;/m0../s1. The van der Waals surface area contributed by atoms with Crippen molar-refractivity contribution in [3.05, 3.63) is 22.2 Å². The third-order valence-electron chi connectivity index (χ3n) is 3.63. The number of piperazine rings is 1. The van der Waals surface area contributed by atoms with Crippen LogP contribution in [0.2, 0.25) is 0 Å². The van der Waals surface area contributed by atoms with Gasteiger partial charge in [0.15, 0.2) is 11.5 Å². The quantitative estimate of drug-likeness (QED) is 0.811. The van der Waals surface area contributed by atoms with Crippen LogP contribution in [0, 0.1) is 0 Å². The molecule has 1 fully saturated rings. The molecule has 2 rings (SSSR count). The van der Waals surface area contributed by atoms with Crippen molar-refractivity contribution < 1.29 is 9.84 Å². The second-order valence-electron chi connectivity index (χ2n) is 4.76. The molecule has 0 radical (unpaired) electrons. The first-order valence-electron chi connectivity index (χ1n) is 6.68. The van der Waals surface area contributed by atoms with E-state index in [0.717, 1.165) is 42.6 Å². The molecule has 0 amide bonds. The van der Waals surface area contributed by atoms with Gasteiger partial charge in [0.1, 0.15) is 0 Å². The van der Waals surface area contributed by atoms with Crippen molar-refractivity contribution in [2.24, 2.45) is 0 Å². The number of benzene rings is 1. The summed E-state index contributed by atoms with van der Waals surface area (Å²) in [4.78, 5) is 2.41. The number of phenols is 1. The van der Waals surface area contributed by atoms with Gasteiger partial charge in [-0.05, 0) is 18.6 Å². The van der Waals surface area contributed by atoms with Crippen molar-refractivity contribution in [3.8, 4) is 11.5 Å². The lowest BCUT2D eigenvalue weighted by Crippen LogP contribution is -2.45. The minimum atomic E-state index is 0. The Labute approximate surface area is 147 Å². The van der Waals surface area contributed by atoms with Crippen LogP contribution in [0.4, 0.5) is 0 Å². The van der Waals surface area contributed by atoms with Gasteiger partial charge in [-0.2, -0.15) is 0 Å². The van der Waals surface area contributed by atoms with E-state index in [2.05, 4.69) is 33.1 Å². The third-order valence-corrected chi connectivity index (χ3v) is 4.09. The monoisotopic (exact) mass is 400 g/mol. The van der Waals surface area contributed by atoms with Gasteiger partial charge in [-0.3, -0.25) is 4.90 Å². The summed E-state index contributed by atoms with van der Waals surface area (Å²) < 4.78 is 6.17. The summed E-state index contributed by atoms with van der Waals surface area (Å²) in [5.41, 5.74) is 0.940. The van der Waals surface area contributed by atoms with Crippen LogP contribution in [-0.2, 0) is 0 Å². The lowest BCUT2D eigenvalue weighted by Gasteiger charge is -2.35. The molecule has 1 heterocycles. The molecule has 1 saturated heterocycles. The molecule has 1 aromatic rings. The maximum absolute atomic E-state index is 10.4. The van der Waals surface area contributed by atoms with Gasteiger partial charge in [-0.25, -0.2) is 0 Å². The fourth-order valence-corrected chi connectivity index (χ4v) is 3.13. The number of ether oxygens (including phenoxy) is 1. The maximum atomic E-state index is 10.4. The highest BCUT2D eigenvalue weighted by molar-refractivity contribution is 9.10. The number of aromatic hydroxyl groups is 1. The molecule has 0 bridgehead atoms. The van der Waals surface area contributed by atoms with Gasteiger partial charge in [0.25, 0.3) is 0 Å². The molecule has 0 unspecified atom stereocenters. The highest BCUT2D eigenvalue weighted by Gasteiger charge is 2.24. The zero-order valence-electron chi connectivity index (χ0n) is 12.3. The predicted molar refractivity (Wildman–Crippen MR) is 94.3 cm³/mol. The van der Waals surface area contributed by atoms with Gasteiger partial charge in [-0.15, -0.1) is 24.8 Å². The van der Waals surface area contributed by atoms with Crippen molar-refractivity contribution in [1.82, 2.24) is 10.2 Å². The van der Waals surface area contributed by atoms with Crippen molar-refractivity contribution in [2.75, 3.05) is 33.3 Å². The van der Waals surface area contributed by atoms with E-state index in [1.807, 2.05) is 6.07 Å². The number of halogens is 3. The number of phenolic OH excluding ortho intramolecular Hbond substituents is 1. The first-order chi connectivity index (χ1) is 9.17.